The summed E-state index contributed by atoms with van der Waals surface area (Å²) in [7, 11) is -3.11. The number of esters is 1. The number of carbonyl (C=O) groups excluding carboxylic acids is 3. The smallest absolute Gasteiger partial charge is 0.338 e. The van der Waals surface area contributed by atoms with E-state index in [1.807, 2.05) is 6.07 Å². The number of ether oxygens (including phenoxy) is 1. The van der Waals surface area contributed by atoms with Crippen LogP contribution in [0, 0.1) is 0 Å². The largest absolute Gasteiger partial charge is 0.449 e. The molecule has 152 valence electrons. The van der Waals surface area contributed by atoms with Crippen molar-refractivity contribution in [3.05, 3.63) is 71.3 Å². The zero-order chi connectivity index (χ0) is 21.0. The third kappa shape index (κ3) is 5.29. The minimum Gasteiger partial charge on any atom is -0.449 e. The SMILES string of the molecule is C[C@H](OC(=O)c1ccc(C(=O)c2ccccc2)cc1)C(=O)N[C@H]1CCS(=O)(=O)C1. The summed E-state index contributed by atoms with van der Waals surface area (Å²) in [5.41, 5.74) is 1.18. The van der Waals surface area contributed by atoms with Gasteiger partial charge in [-0.1, -0.05) is 42.5 Å². The summed E-state index contributed by atoms with van der Waals surface area (Å²) in [6.45, 7) is 1.42. The molecule has 0 saturated carbocycles. The molecule has 0 spiro atoms. The van der Waals surface area contributed by atoms with Gasteiger partial charge in [-0.3, -0.25) is 9.59 Å². The Morgan fingerprint density at radius 1 is 0.966 bits per heavy atom. The zero-order valence-electron chi connectivity index (χ0n) is 15.8. The number of hydrogen-bond acceptors (Lipinski definition) is 6. The molecule has 2 atom stereocenters. The molecule has 0 radical (unpaired) electrons. The van der Waals surface area contributed by atoms with Gasteiger partial charge in [-0.15, -0.1) is 0 Å². The van der Waals surface area contributed by atoms with E-state index in [1.165, 1.54) is 31.2 Å². The number of carbonyl (C=O) groups is 3. The van der Waals surface area contributed by atoms with Crippen molar-refractivity contribution in [2.75, 3.05) is 11.5 Å². The van der Waals surface area contributed by atoms with Gasteiger partial charge >= 0.3 is 5.97 Å². The van der Waals surface area contributed by atoms with Gasteiger partial charge in [0.15, 0.2) is 21.7 Å². The highest BCUT2D eigenvalue weighted by Gasteiger charge is 2.30. The van der Waals surface area contributed by atoms with E-state index >= 15 is 0 Å². The summed E-state index contributed by atoms with van der Waals surface area (Å²) in [6, 6.07) is 14.3. The fourth-order valence-corrected chi connectivity index (χ4v) is 4.70. The van der Waals surface area contributed by atoms with E-state index < -0.39 is 33.9 Å². The predicted molar refractivity (Wildman–Crippen MR) is 106 cm³/mol. The molecule has 1 amide bonds. The third-order valence-electron chi connectivity index (χ3n) is 4.65. The van der Waals surface area contributed by atoms with Crippen molar-refractivity contribution < 1.29 is 27.5 Å². The van der Waals surface area contributed by atoms with Crippen LogP contribution in [0.2, 0.25) is 0 Å². The van der Waals surface area contributed by atoms with Gasteiger partial charge in [0.1, 0.15) is 0 Å². The van der Waals surface area contributed by atoms with Crippen molar-refractivity contribution in [3.8, 4) is 0 Å². The highest BCUT2D eigenvalue weighted by Crippen LogP contribution is 2.14. The molecular weight excluding hydrogens is 394 g/mol. The molecule has 2 aromatic rings. The van der Waals surface area contributed by atoms with Crippen LogP contribution in [0.15, 0.2) is 54.6 Å². The van der Waals surface area contributed by atoms with Gasteiger partial charge in [-0.05, 0) is 25.5 Å². The standard InChI is InChI=1S/C21H21NO6S/c1-14(20(24)22-18-11-12-29(26,27)13-18)28-21(25)17-9-7-16(8-10-17)19(23)15-5-3-2-4-6-15/h2-10,14,18H,11-13H2,1H3,(H,22,24)/t14-,18-/m0/s1. The topological polar surface area (TPSA) is 107 Å². The van der Waals surface area contributed by atoms with E-state index in [9.17, 15) is 22.8 Å². The molecule has 8 heteroatoms. The van der Waals surface area contributed by atoms with Crippen LogP contribution < -0.4 is 5.32 Å². The molecule has 29 heavy (non-hydrogen) atoms. The van der Waals surface area contributed by atoms with E-state index in [4.69, 9.17) is 4.74 Å². The Hall–Kier alpha value is -3.00. The van der Waals surface area contributed by atoms with Crippen molar-refractivity contribution in [1.82, 2.24) is 5.32 Å². The lowest BCUT2D eigenvalue weighted by atomic mass is 10.0. The average molecular weight is 415 g/mol. The van der Waals surface area contributed by atoms with Crippen molar-refractivity contribution >= 4 is 27.5 Å². The second-order valence-electron chi connectivity index (χ2n) is 6.93. The maximum absolute atomic E-state index is 12.4. The fourth-order valence-electron chi connectivity index (χ4n) is 3.02. The molecule has 1 heterocycles. The van der Waals surface area contributed by atoms with Crippen molar-refractivity contribution in [2.45, 2.75) is 25.5 Å². The van der Waals surface area contributed by atoms with Crippen molar-refractivity contribution in [3.63, 3.8) is 0 Å². The van der Waals surface area contributed by atoms with Gasteiger partial charge in [0.05, 0.1) is 17.1 Å². The number of rotatable bonds is 6. The molecule has 1 saturated heterocycles. The highest BCUT2D eigenvalue weighted by molar-refractivity contribution is 7.91. The number of hydrogen-bond donors (Lipinski definition) is 1. The monoisotopic (exact) mass is 415 g/mol. The van der Waals surface area contributed by atoms with Gasteiger partial charge in [0, 0.05) is 17.2 Å². The number of nitrogens with one attached hydrogen (secondary N) is 1. The Morgan fingerprint density at radius 3 is 2.14 bits per heavy atom. The summed E-state index contributed by atoms with van der Waals surface area (Å²) in [6.07, 6.45) is -0.720. The lowest BCUT2D eigenvalue weighted by Gasteiger charge is -2.16. The molecule has 1 aliphatic heterocycles. The minimum atomic E-state index is -3.11. The molecule has 0 aromatic heterocycles. The van der Waals surface area contributed by atoms with Crippen LogP contribution in [-0.2, 0) is 19.4 Å². The molecule has 3 rings (SSSR count). The maximum Gasteiger partial charge on any atom is 0.338 e. The van der Waals surface area contributed by atoms with Gasteiger partial charge in [0.2, 0.25) is 0 Å². The lowest BCUT2D eigenvalue weighted by molar-refractivity contribution is -0.129. The van der Waals surface area contributed by atoms with Crippen molar-refractivity contribution in [2.24, 2.45) is 0 Å². The van der Waals surface area contributed by atoms with Crippen LogP contribution in [0.25, 0.3) is 0 Å². The molecule has 1 aliphatic rings. The summed E-state index contributed by atoms with van der Waals surface area (Å²) in [5, 5.41) is 2.59. The van der Waals surface area contributed by atoms with Crippen molar-refractivity contribution in [1.29, 1.82) is 0 Å². The molecule has 1 fully saturated rings. The highest BCUT2D eigenvalue weighted by atomic mass is 32.2. The third-order valence-corrected chi connectivity index (χ3v) is 6.42. The quantitative estimate of drug-likeness (QED) is 0.569. The summed E-state index contributed by atoms with van der Waals surface area (Å²) in [4.78, 5) is 36.8. The van der Waals surface area contributed by atoms with Gasteiger partial charge in [-0.2, -0.15) is 0 Å². The first-order chi connectivity index (χ1) is 13.7. The molecular formula is C21H21NO6S. The Kier molecular flexibility index (Phi) is 6.12. The van der Waals surface area contributed by atoms with Gasteiger partial charge in [-0.25, -0.2) is 13.2 Å². The number of ketones is 1. The second kappa shape index (κ2) is 8.57. The van der Waals surface area contributed by atoms with Crippen LogP contribution in [0.4, 0.5) is 0 Å². The first-order valence-electron chi connectivity index (χ1n) is 9.17. The first-order valence-corrected chi connectivity index (χ1v) is 11.0. The molecule has 2 aromatic carbocycles. The maximum atomic E-state index is 12.4. The fraction of sp³-hybridized carbons (Fsp3) is 0.286. The van der Waals surface area contributed by atoms with Crippen LogP contribution in [0.1, 0.15) is 39.6 Å². The van der Waals surface area contributed by atoms with Gasteiger partial charge < -0.3 is 10.1 Å². The van der Waals surface area contributed by atoms with E-state index in [2.05, 4.69) is 5.32 Å². The summed E-state index contributed by atoms with van der Waals surface area (Å²) in [5.74, 6) is -1.47. The molecule has 0 unspecified atom stereocenters. The van der Waals surface area contributed by atoms with E-state index in [1.54, 1.807) is 24.3 Å². The lowest BCUT2D eigenvalue weighted by Crippen LogP contribution is -2.42. The number of sulfone groups is 1. The number of benzene rings is 2. The number of amides is 1. The molecule has 0 bridgehead atoms. The minimum absolute atomic E-state index is 0.0418. The van der Waals surface area contributed by atoms with Crippen LogP contribution in [-0.4, -0.2) is 49.7 Å². The summed E-state index contributed by atoms with van der Waals surface area (Å²) >= 11 is 0. The molecule has 1 N–H and O–H groups in total. The van der Waals surface area contributed by atoms with Crippen LogP contribution in [0.5, 0.6) is 0 Å². The predicted octanol–water partition coefficient (Wildman–Crippen LogP) is 1.77. The molecule has 0 aliphatic carbocycles. The average Bonchev–Trinajstić information content (AvgIpc) is 3.06. The van der Waals surface area contributed by atoms with Crippen LogP contribution >= 0.6 is 0 Å². The van der Waals surface area contributed by atoms with Crippen LogP contribution in [0.3, 0.4) is 0 Å². The first kappa shape index (κ1) is 20.7. The Bertz CT molecular complexity index is 1010. The Labute approximate surface area is 169 Å². The second-order valence-corrected chi connectivity index (χ2v) is 9.16. The summed E-state index contributed by atoms with van der Waals surface area (Å²) < 4.78 is 28.1. The van der Waals surface area contributed by atoms with E-state index in [0.717, 1.165) is 0 Å². The van der Waals surface area contributed by atoms with E-state index in [0.29, 0.717) is 17.5 Å². The Morgan fingerprint density at radius 2 is 1.55 bits per heavy atom. The Balaban J connectivity index is 1.57. The molecule has 7 nitrogen and oxygen atoms in total. The van der Waals surface area contributed by atoms with E-state index in [-0.39, 0.29) is 22.9 Å². The normalized spacial score (nSPS) is 18.6. The zero-order valence-corrected chi connectivity index (χ0v) is 16.6. The van der Waals surface area contributed by atoms with Gasteiger partial charge in [0.25, 0.3) is 5.91 Å².